The van der Waals surface area contributed by atoms with Crippen LogP contribution < -0.4 is 5.32 Å². The second-order valence-electron chi connectivity index (χ2n) is 7.50. The van der Waals surface area contributed by atoms with E-state index >= 15 is 0 Å². The summed E-state index contributed by atoms with van der Waals surface area (Å²) < 4.78 is 6.96. The first-order valence-corrected chi connectivity index (χ1v) is 9.76. The molecule has 0 saturated heterocycles. The lowest BCUT2D eigenvalue weighted by atomic mass is 10.1. The summed E-state index contributed by atoms with van der Waals surface area (Å²) in [5.74, 6) is -0.838. The molecular weight excluding hydrogens is 384 g/mol. The minimum absolute atomic E-state index is 0.0930. The maximum Gasteiger partial charge on any atom is 0.306 e. The summed E-state index contributed by atoms with van der Waals surface area (Å²) in [6.45, 7) is 5.44. The highest BCUT2D eigenvalue weighted by Crippen LogP contribution is 2.24. The van der Waals surface area contributed by atoms with E-state index in [1.807, 2.05) is 26.8 Å². The monoisotopic (exact) mass is 406 g/mol. The Labute approximate surface area is 173 Å². The van der Waals surface area contributed by atoms with Crippen molar-refractivity contribution in [2.75, 3.05) is 11.9 Å². The van der Waals surface area contributed by atoms with Crippen LogP contribution in [0.2, 0.25) is 0 Å². The van der Waals surface area contributed by atoms with Gasteiger partial charge in [-0.15, -0.1) is 0 Å². The molecule has 0 fully saturated rings. The standard InChI is InChI=1S/C22H22N4O4/c1-12-8-20-23-13(2)17(14(3)26(20)25-12)5-7-22(29)30-11-19(27)15-4-6-18-16(9-15)10-21(28)24-18/h4,6,8-9H,5,7,10-11H2,1-3H3,(H,24,28). The molecule has 0 bridgehead atoms. The van der Waals surface area contributed by atoms with Crippen LogP contribution in [0.3, 0.4) is 0 Å². The molecule has 8 nitrogen and oxygen atoms in total. The number of aromatic nitrogens is 3. The molecule has 0 unspecified atom stereocenters. The summed E-state index contributed by atoms with van der Waals surface area (Å²) in [4.78, 5) is 40.5. The van der Waals surface area contributed by atoms with E-state index in [9.17, 15) is 14.4 Å². The van der Waals surface area contributed by atoms with Crippen LogP contribution in [0.15, 0.2) is 24.3 Å². The number of carbonyl (C=O) groups is 3. The number of aryl methyl sites for hydroxylation is 3. The quantitative estimate of drug-likeness (QED) is 0.498. The summed E-state index contributed by atoms with van der Waals surface area (Å²) in [5.41, 5.74) is 6.33. The van der Waals surface area contributed by atoms with Gasteiger partial charge in [0.15, 0.2) is 18.0 Å². The number of amides is 1. The van der Waals surface area contributed by atoms with Gasteiger partial charge in [-0.05, 0) is 56.5 Å². The number of rotatable bonds is 6. The maximum atomic E-state index is 12.4. The van der Waals surface area contributed by atoms with E-state index in [0.29, 0.717) is 12.0 Å². The summed E-state index contributed by atoms with van der Waals surface area (Å²) >= 11 is 0. The van der Waals surface area contributed by atoms with E-state index in [-0.39, 0.29) is 31.1 Å². The number of ketones is 1. The van der Waals surface area contributed by atoms with Gasteiger partial charge in [0.1, 0.15) is 0 Å². The number of hydrogen-bond acceptors (Lipinski definition) is 6. The van der Waals surface area contributed by atoms with Crippen LogP contribution >= 0.6 is 0 Å². The Kier molecular flexibility index (Phi) is 5.07. The fourth-order valence-corrected chi connectivity index (χ4v) is 3.73. The summed E-state index contributed by atoms with van der Waals surface area (Å²) in [6, 6.07) is 6.90. The summed E-state index contributed by atoms with van der Waals surface area (Å²) in [7, 11) is 0. The van der Waals surface area contributed by atoms with Crippen LogP contribution in [0.1, 0.15) is 45.0 Å². The SMILES string of the molecule is Cc1cc2nc(C)c(CCC(=O)OCC(=O)c3ccc4c(c3)CC(=O)N4)c(C)n2n1. The molecule has 30 heavy (non-hydrogen) atoms. The predicted octanol–water partition coefficient (Wildman–Crippen LogP) is 2.51. The van der Waals surface area contributed by atoms with E-state index in [4.69, 9.17) is 4.74 Å². The van der Waals surface area contributed by atoms with E-state index in [1.165, 1.54) is 0 Å². The Morgan fingerprint density at radius 3 is 2.80 bits per heavy atom. The van der Waals surface area contributed by atoms with Crippen molar-refractivity contribution in [2.24, 2.45) is 0 Å². The molecule has 0 aliphatic carbocycles. The molecular formula is C22H22N4O4. The van der Waals surface area contributed by atoms with Gasteiger partial charge in [-0.3, -0.25) is 14.4 Å². The molecule has 2 aromatic heterocycles. The summed E-state index contributed by atoms with van der Waals surface area (Å²) in [6.07, 6.45) is 0.854. The second kappa shape index (κ2) is 7.70. The van der Waals surface area contributed by atoms with E-state index in [0.717, 1.165) is 39.5 Å². The third kappa shape index (κ3) is 3.80. The first kappa shape index (κ1) is 19.8. The lowest BCUT2D eigenvalue weighted by Crippen LogP contribution is -2.15. The molecule has 8 heteroatoms. The summed E-state index contributed by atoms with van der Waals surface area (Å²) in [5, 5.41) is 7.15. The van der Waals surface area contributed by atoms with Gasteiger partial charge in [0.2, 0.25) is 5.91 Å². The molecule has 0 atom stereocenters. The van der Waals surface area contributed by atoms with Crippen LogP contribution in [0.25, 0.3) is 5.65 Å². The number of benzene rings is 1. The molecule has 1 amide bonds. The van der Waals surface area contributed by atoms with Crippen molar-refractivity contribution in [1.82, 2.24) is 14.6 Å². The Balaban J connectivity index is 1.36. The Morgan fingerprint density at radius 1 is 1.20 bits per heavy atom. The van der Waals surface area contributed by atoms with Crippen LogP contribution in [0.5, 0.6) is 0 Å². The Morgan fingerprint density at radius 2 is 2.00 bits per heavy atom. The third-order valence-electron chi connectivity index (χ3n) is 5.28. The van der Waals surface area contributed by atoms with Crippen molar-refractivity contribution >= 4 is 29.0 Å². The van der Waals surface area contributed by atoms with E-state index in [1.54, 1.807) is 22.7 Å². The molecule has 0 radical (unpaired) electrons. The number of Topliss-reactive ketones (excluding diaryl/α,β-unsaturated/α-hetero) is 1. The Hall–Kier alpha value is -3.55. The van der Waals surface area contributed by atoms with Gasteiger partial charge < -0.3 is 10.1 Å². The van der Waals surface area contributed by atoms with Crippen molar-refractivity contribution < 1.29 is 19.1 Å². The zero-order chi connectivity index (χ0) is 21.4. The number of hydrogen-bond donors (Lipinski definition) is 1. The van der Waals surface area contributed by atoms with Gasteiger partial charge in [0.05, 0.1) is 12.1 Å². The average Bonchev–Trinajstić information content (AvgIpc) is 3.26. The maximum absolute atomic E-state index is 12.4. The number of carbonyl (C=O) groups excluding carboxylic acids is 3. The molecule has 3 heterocycles. The minimum atomic E-state index is -0.447. The van der Waals surface area contributed by atoms with Crippen molar-refractivity contribution in [3.8, 4) is 0 Å². The second-order valence-corrected chi connectivity index (χ2v) is 7.50. The largest absolute Gasteiger partial charge is 0.457 e. The molecule has 0 spiro atoms. The molecule has 0 saturated carbocycles. The molecule has 1 aromatic carbocycles. The van der Waals surface area contributed by atoms with Gasteiger partial charge >= 0.3 is 5.97 Å². The Bertz CT molecular complexity index is 1200. The topological polar surface area (TPSA) is 103 Å². The van der Waals surface area contributed by atoms with Gasteiger partial charge in [-0.25, -0.2) is 9.50 Å². The molecule has 4 rings (SSSR count). The predicted molar refractivity (Wildman–Crippen MR) is 110 cm³/mol. The minimum Gasteiger partial charge on any atom is -0.457 e. The average molecular weight is 406 g/mol. The van der Waals surface area contributed by atoms with Crippen molar-refractivity contribution in [1.29, 1.82) is 0 Å². The molecule has 1 aliphatic heterocycles. The van der Waals surface area contributed by atoms with Gasteiger partial charge in [0.25, 0.3) is 0 Å². The first-order chi connectivity index (χ1) is 14.3. The lowest BCUT2D eigenvalue weighted by Gasteiger charge is -2.11. The highest BCUT2D eigenvalue weighted by atomic mass is 16.5. The van der Waals surface area contributed by atoms with Crippen molar-refractivity contribution in [2.45, 2.75) is 40.0 Å². The zero-order valence-electron chi connectivity index (χ0n) is 17.1. The normalized spacial score (nSPS) is 12.7. The first-order valence-electron chi connectivity index (χ1n) is 9.76. The third-order valence-corrected chi connectivity index (χ3v) is 5.28. The number of nitrogens with one attached hydrogen (secondary N) is 1. The number of anilines is 1. The zero-order valence-corrected chi connectivity index (χ0v) is 17.1. The van der Waals surface area contributed by atoms with E-state index in [2.05, 4.69) is 15.4 Å². The number of fused-ring (bicyclic) bond motifs is 2. The van der Waals surface area contributed by atoms with Gasteiger partial charge in [-0.1, -0.05) is 0 Å². The van der Waals surface area contributed by atoms with Gasteiger partial charge in [-0.2, -0.15) is 5.10 Å². The van der Waals surface area contributed by atoms with Crippen LogP contribution in [0, 0.1) is 20.8 Å². The van der Waals surface area contributed by atoms with Gasteiger partial charge in [0, 0.05) is 35.1 Å². The highest BCUT2D eigenvalue weighted by Gasteiger charge is 2.20. The van der Waals surface area contributed by atoms with Crippen LogP contribution in [-0.2, 0) is 27.2 Å². The fraction of sp³-hybridized carbons (Fsp3) is 0.318. The van der Waals surface area contributed by atoms with Crippen LogP contribution in [-0.4, -0.2) is 38.9 Å². The smallest absolute Gasteiger partial charge is 0.306 e. The van der Waals surface area contributed by atoms with Crippen molar-refractivity contribution in [3.05, 3.63) is 58.0 Å². The molecule has 3 aromatic rings. The molecule has 1 aliphatic rings. The molecule has 1 N–H and O–H groups in total. The van der Waals surface area contributed by atoms with E-state index < -0.39 is 5.97 Å². The molecule has 154 valence electrons. The fourth-order valence-electron chi connectivity index (χ4n) is 3.73. The number of nitrogens with zero attached hydrogens (tertiary/aromatic N) is 3. The van der Waals surface area contributed by atoms with Crippen molar-refractivity contribution in [3.63, 3.8) is 0 Å². The number of ether oxygens (including phenoxy) is 1. The number of esters is 1. The highest BCUT2D eigenvalue weighted by molar-refractivity contribution is 6.02. The lowest BCUT2D eigenvalue weighted by molar-refractivity contribution is -0.142. The van der Waals surface area contributed by atoms with Crippen LogP contribution in [0.4, 0.5) is 5.69 Å².